The van der Waals surface area contributed by atoms with E-state index in [4.69, 9.17) is 4.74 Å². The van der Waals surface area contributed by atoms with Gasteiger partial charge in [-0.15, -0.1) is 0 Å². The summed E-state index contributed by atoms with van der Waals surface area (Å²) in [5.41, 5.74) is 0.129. The summed E-state index contributed by atoms with van der Waals surface area (Å²) < 4.78 is 6.08. The highest BCUT2D eigenvalue weighted by molar-refractivity contribution is 5.70. The predicted octanol–water partition coefficient (Wildman–Crippen LogP) is -0.217. The summed E-state index contributed by atoms with van der Waals surface area (Å²) in [5, 5.41) is 9.07. The van der Waals surface area contributed by atoms with Crippen LogP contribution in [0.4, 0.5) is 5.82 Å². The van der Waals surface area contributed by atoms with Gasteiger partial charge in [0.15, 0.2) is 5.65 Å². The Morgan fingerprint density at radius 1 is 1.61 bits per heavy atom. The lowest BCUT2D eigenvalue weighted by atomic mass is 10.4. The molecule has 2 heterocycles. The minimum atomic E-state index is -0.337. The van der Waals surface area contributed by atoms with Crippen molar-refractivity contribution in [1.29, 1.82) is 0 Å². The van der Waals surface area contributed by atoms with Crippen LogP contribution in [-0.2, 0) is 9.53 Å². The molecule has 2 aromatic rings. The van der Waals surface area contributed by atoms with Gasteiger partial charge in [-0.05, 0) is 6.92 Å². The third kappa shape index (κ3) is 2.65. The first-order valence-electron chi connectivity index (χ1n) is 5.53. The van der Waals surface area contributed by atoms with Crippen LogP contribution in [0.15, 0.2) is 17.2 Å². The maximum absolute atomic E-state index is 11.2. The Morgan fingerprint density at radius 3 is 3.22 bits per heavy atom. The van der Waals surface area contributed by atoms with Crippen LogP contribution >= 0.6 is 0 Å². The molecule has 0 saturated carbocycles. The number of hydrogen-bond donors (Lipinski definition) is 2. The Hall–Kier alpha value is -2.38. The quantitative estimate of drug-likeness (QED) is 0.712. The number of anilines is 1. The highest BCUT2D eigenvalue weighted by Gasteiger charge is 2.04. The fraction of sp³-hybridized carbons (Fsp3) is 0.400. The molecular weight excluding hydrogens is 238 g/mol. The van der Waals surface area contributed by atoms with Crippen LogP contribution < -0.4 is 11.0 Å². The summed E-state index contributed by atoms with van der Waals surface area (Å²) in [6.45, 7) is 2.55. The maximum Gasteiger partial charge on any atom is 0.348 e. The zero-order valence-corrected chi connectivity index (χ0v) is 9.84. The first kappa shape index (κ1) is 12.1. The van der Waals surface area contributed by atoms with Crippen LogP contribution in [0.5, 0.6) is 0 Å². The number of nitrogens with one attached hydrogen (secondary N) is 2. The molecule has 0 aromatic carbocycles. The first-order chi connectivity index (χ1) is 8.70. The van der Waals surface area contributed by atoms with E-state index in [2.05, 4.69) is 20.5 Å². The van der Waals surface area contributed by atoms with Crippen LogP contribution in [0.3, 0.4) is 0 Å². The van der Waals surface area contributed by atoms with Crippen molar-refractivity contribution in [1.82, 2.24) is 19.6 Å². The van der Waals surface area contributed by atoms with E-state index in [1.807, 2.05) is 0 Å². The Balaban J connectivity index is 1.96. The molecule has 2 rings (SSSR count). The summed E-state index contributed by atoms with van der Waals surface area (Å²) in [6.07, 6.45) is 1.63. The van der Waals surface area contributed by atoms with Crippen LogP contribution in [0.1, 0.15) is 13.3 Å². The third-order valence-corrected chi connectivity index (χ3v) is 2.25. The Morgan fingerprint density at radius 2 is 2.44 bits per heavy atom. The fourth-order valence-electron chi connectivity index (χ4n) is 1.43. The molecule has 0 atom stereocenters. The van der Waals surface area contributed by atoms with Crippen LogP contribution in [0, 0.1) is 0 Å². The van der Waals surface area contributed by atoms with Gasteiger partial charge in [0.05, 0.1) is 13.0 Å². The molecule has 8 heteroatoms. The molecule has 0 unspecified atom stereocenters. The molecule has 0 fully saturated rings. The van der Waals surface area contributed by atoms with Gasteiger partial charge in [0, 0.05) is 12.6 Å². The summed E-state index contributed by atoms with van der Waals surface area (Å²) in [5.74, 6) is 0.285. The molecule has 96 valence electrons. The van der Waals surface area contributed by atoms with Crippen molar-refractivity contribution in [3.05, 3.63) is 22.9 Å². The number of aromatic amines is 1. The average molecular weight is 251 g/mol. The van der Waals surface area contributed by atoms with Gasteiger partial charge in [-0.3, -0.25) is 4.79 Å². The number of aromatic nitrogens is 4. The molecule has 0 aliphatic rings. The van der Waals surface area contributed by atoms with E-state index in [9.17, 15) is 9.59 Å². The largest absolute Gasteiger partial charge is 0.466 e. The van der Waals surface area contributed by atoms with Gasteiger partial charge in [-0.25, -0.2) is 19.3 Å². The highest BCUT2D eigenvalue weighted by atomic mass is 16.5. The van der Waals surface area contributed by atoms with Crippen molar-refractivity contribution in [2.24, 2.45) is 0 Å². The normalized spacial score (nSPS) is 10.5. The van der Waals surface area contributed by atoms with E-state index in [0.717, 1.165) is 0 Å². The van der Waals surface area contributed by atoms with E-state index in [-0.39, 0.29) is 18.1 Å². The zero-order valence-electron chi connectivity index (χ0n) is 9.84. The zero-order chi connectivity index (χ0) is 13.0. The lowest BCUT2D eigenvalue weighted by Crippen LogP contribution is -2.13. The van der Waals surface area contributed by atoms with Crippen LogP contribution in [0.2, 0.25) is 0 Å². The Kier molecular flexibility index (Phi) is 3.56. The van der Waals surface area contributed by atoms with E-state index in [1.54, 1.807) is 13.0 Å². The molecule has 0 aliphatic heterocycles. The molecule has 0 aliphatic carbocycles. The summed E-state index contributed by atoms with van der Waals surface area (Å²) in [4.78, 5) is 26.3. The van der Waals surface area contributed by atoms with E-state index in [1.165, 1.54) is 10.7 Å². The van der Waals surface area contributed by atoms with Crippen molar-refractivity contribution >= 4 is 17.4 Å². The van der Waals surface area contributed by atoms with Crippen molar-refractivity contribution < 1.29 is 9.53 Å². The topological polar surface area (TPSA) is 101 Å². The van der Waals surface area contributed by atoms with Gasteiger partial charge in [-0.2, -0.15) is 5.10 Å². The SMILES string of the molecule is CCOC(=O)CCNc1cc2n[nH]c(=O)n2cn1. The highest BCUT2D eigenvalue weighted by Crippen LogP contribution is 2.04. The standard InChI is InChI=1S/C10H13N5O3/c1-2-18-9(16)3-4-11-7-5-8-13-14-10(17)15(8)6-12-7/h5-6,11H,2-4H2,1H3,(H,14,17). The predicted molar refractivity (Wildman–Crippen MR) is 63.3 cm³/mol. The number of carbonyl (C=O) groups is 1. The van der Waals surface area contributed by atoms with Crippen molar-refractivity contribution in [2.45, 2.75) is 13.3 Å². The van der Waals surface area contributed by atoms with Gasteiger partial charge in [0.1, 0.15) is 12.1 Å². The maximum atomic E-state index is 11.2. The molecule has 2 aromatic heterocycles. The number of ether oxygens (including phenoxy) is 1. The molecular formula is C10H13N5O3. The van der Waals surface area contributed by atoms with Crippen molar-refractivity contribution in [3.63, 3.8) is 0 Å². The number of rotatable bonds is 5. The lowest BCUT2D eigenvalue weighted by Gasteiger charge is -2.04. The van der Waals surface area contributed by atoms with Gasteiger partial charge in [0.2, 0.25) is 0 Å². The van der Waals surface area contributed by atoms with E-state index >= 15 is 0 Å². The number of nitrogens with zero attached hydrogens (tertiary/aromatic N) is 3. The minimum Gasteiger partial charge on any atom is -0.466 e. The monoisotopic (exact) mass is 251 g/mol. The second kappa shape index (κ2) is 5.30. The van der Waals surface area contributed by atoms with E-state index < -0.39 is 0 Å². The average Bonchev–Trinajstić information content (AvgIpc) is 2.71. The molecule has 18 heavy (non-hydrogen) atoms. The van der Waals surface area contributed by atoms with Gasteiger partial charge in [0.25, 0.3) is 0 Å². The third-order valence-electron chi connectivity index (χ3n) is 2.25. The molecule has 0 saturated heterocycles. The molecule has 0 radical (unpaired) electrons. The molecule has 8 nitrogen and oxygen atoms in total. The van der Waals surface area contributed by atoms with Gasteiger partial charge < -0.3 is 10.1 Å². The second-order valence-corrected chi connectivity index (χ2v) is 3.51. The summed E-state index contributed by atoms with van der Waals surface area (Å²) >= 11 is 0. The second-order valence-electron chi connectivity index (χ2n) is 3.51. The Labute approximate surface area is 102 Å². The summed E-state index contributed by atoms with van der Waals surface area (Å²) in [7, 11) is 0. The molecule has 2 N–H and O–H groups in total. The number of hydrogen-bond acceptors (Lipinski definition) is 6. The first-order valence-corrected chi connectivity index (χ1v) is 5.53. The fourth-order valence-corrected chi connectivity index (χ4v) is 1.43. The van der Waals surface area contributed by atoms with Gasteiger partial charge in [-0.1, -0.05) is 0 Å². The molecule has 0 spiro atoms. The lowest BCUT2D eigenvalue weighted by molar-refractivity contribution is -0.142. The van der Waals surface area contributed by atoms with Crippen LogP contribution in [0.25, 0.3) is 5.65 Å². The number of H-pyrrole nitrogens is 1. The smallest absolute Gasteiger partial charge is 0.348 e. The molecule has 0 amide bonds. The number of carbonyl (C=O) groups excluding carboxylic acids is 1. The summed E-state index contributed by atoms with van der Waals surface area (Å²) in [6, 6.07) is 1.61. The molecule has 0 bridgehead atoms. The van der Waals surface area contributed by atoms with Crippen molar-refractivity contribution in [2.75, 3.05) is 18.5 Å². The van der Waals surface area contributed by atoms with Crippen LogP contribution in [-0.4, -0.2) is 38.7 Å². The number of esters is 1. The number of fused-ring (bicyclic) bond motifs is 1. The Bertz CT molecular complexity index is 603. The van der Waals surface area contributed by atoms with E-state index in [0.29, 0.717) is 24.6 Å². The minimum absolute atomic E-state index is 0.258. The van der Waals surface area contributed by atoms with Crippen molar-refractivity contribution in [3.8, 4) is 0 Å². The van der Waals surface area contributed by atoms with Gasteiger partial charge >= 0.3 is 11.7 Å².